The van der Waals surface area contributed by atoms with Gasteiger partial charge < -0.3 is 14.8 Å². The van der Waals surface area contributed by atoms with E-state index in [4.69, 9.17) is 9.47 Å². The molecule has 2 aromatic carbocycles. The molecule has 0 spiro atoms. The molecule has 1 heterocycles. The number of rotatable bonds is 6. The van der Waals surface area contributed by atoms with Crippen molar-refractivity contribution in [1.82, 2.24) is 5.32 Å². The monoisotopic (exact) mass is 339 g/mol. The Morgan fingerprint density at radius 1 is 1.24 bits per heavy atom. The molecular formula is C21H25NO3. The van der Waals surface area contributed by atoms with Gasteiger partial charge in [-0.3, -0.25) is 4.79 Å². The number of methoxy groups -OCH3 is 1. The molecule has 0 unspecified atom stereocenters. The van der Waals surface area contributed by atoms with Crippen molar-refractivity contribution in [2.45, 2.75) is 31.8 Å². The number of carbonyl (C=O) groups is 1. The second kappa shape index (κ2) is 8.17. The summed E-state index contributed by atoms with van der Waals surface area (Å²) in [4.78, 5) is 12.4. The first-order valence-corrected chi connectivity index (χ1v) is 8.78. The molecule has 0 saturated heterocycles. The predicted octanol–water partition coefficient (Wildman–Crippen LogP) is 3.62. The third-order valence-electron chi connectivity index (χ3n) is 4.74. The van der Waals surface area contributed by atoms with E-state index in [9.17, 15) is 4.79 Å². The normalized spacial score (nSPS) is 17.4. The number of ether oxygens (including phenoxy) is 2. The van der Waals surface area contributed by atoms with E-state index >= 15 is 0 Å². The Bertz CT molecular complexity index is 729. The van der Waals surface area contributed by atoms with Crippen LogP contribution in [0.3, 0.4) is 0 Å². The van der Waals surface area contributed by atoms with Crippen molar-refractivity contribution in [2.75, 3.05) is 20.3 Å². The van der Waals surface area contributed by atoms with Gasteiger partial charge in [-0.1, -0.05) is 49.4 Å². The highest BCUT2D eigenvalue weighted by atomic mass is 16.5. The fourth-order valence-electron chi connectivity index (χ4n) is 3.34. The molecule has 2 aromatic rings. The van der Waals surface area contributed by atoms with Gasteiger partial charge in [0.2, 0.25) is 5.91 Å². The fourth-order valence-corrected chi connectivity index (χ4v) is 3.34. The number of hydrogen-bond donors (Lipinski definition) is 1. The molecule has 0 fully saturated rings. The summed E-state index contributed by atoms with van der Waals surface area (Å²) in [5.41, 5.74) is 3.53. The summed E-state index contributed by atoms with van der Waals surface area (Å²) >= 11 is 0. The first-order chi connectivity index (χ1) is 12.2. The lowest BCUT2D eigenvalue weighted by molar-refractivity contribution is -0.124. The Kier molecular flexibility index (Phi) is 5.71. The highest BCUT2D eigenvalue weighted by molar-refractivity contribution is 5.76. The van der Waals surface area contributed by atoms with E-state index in [2.05, 4.69) is 24.4 Å². The summed E-state index contributed by atoms with van der Waals surface area (Å²) in [5, 5.41) is 3.04. The molecule has 1 N–H and O–H groups in total. The van der Waals surface area contributed by atoms with Gasteiger partial charge in [0.05, 0.1) is 26.2 Å². The largest absolute Gasteiger partial charge is 0.496 e. The molecule has 0 aliphatic carbocycles. The van der Waals surface area contributed by atoms with Crippen LogP contribution in [-0.2, 0) is 16.0 Å². The zero-order valence-corrected chi connectivity index (χ0v) is 14.8. The van der Waals surface area contributed by atoms with Crippen LogP contribution < -0.4 is 10.1 Å². The minimum Gasteiger partial charge on any atom is -0.496 e. The number of nitrogens with one attached hydrogen (secondary N) is 1. The van der Waals surface area contributed by atoms with Gasteiger partial charge in [0.1, 0.15) is 5.75 Å². The van der Waals surface area contributed by atoms with E-state index < -0.39 is 0 Å². The summed E-state index contributed by atoms with van der Waals surface area (Å²) in [7, 11) is 1.67. The average molecular weight is 339 g/mol. The van der Waals surface area contributed by atoms with Crippen molar-refractivity contribution >= 4 is 5.91 Å². The quantitative estimate of drug-likeness (QED) is 0.874. The van der Waals surface area contributed by atoms with Gasteiger partial charge in [0, 0.05) is 12.5 Å². The number of amides is 1. The van der Waals surface area contributed by atoms with E-state index in [-0.39, 0.29) is 17.9 Å². The van der Waals surface area contributed by atoms with Crippen molar-refractivity contribution in [1.29, 1.82) is 0 Å². The molecule has 0 saturated carbocycles. The van der Waals surface area contributed by atoms with Crippen molar-refractivity contribution in [2.24, 2.45) is 0 Å². The lowest BCUT2D eigenvalue weighted by Crippen LogP contribution is -2.30. The summed E-state index contributed by atoms with van der Waals surface area (Å²) in [6.45, 7) is 3.34. The predicted molar refractivity (Wildman–Crippen MR) is 97.9 cm³/mol. The van der Waals surface area contributed by atoms with Gasteiger partial charge in [0.15, 0.2) is 0 Å². The van der Waals surface area contributed by atoms with Crippen molar-refractivity contribution < 1.29 is 14.3 Å². The molecule has 0 radical (unpaired) electrons. The highest BCUT2D eigenvalue weighted by Gasteiger charge is 2.23. The van der Waals surface area contributed by atoms with Crippen LogP contribution in [0.4, 0.5) is 0 Å². The Hall–Kier alpha value is -2.33. The Balaban J connectivity index is 1.57. The molecule has 1 aliphatic heterocycles. The lowest BCUT2D eigenvalue weighted by Gasteiger charge is -2.26. The summed E-state index contributed by atoms with van der Waals surface area (Å²) in [6, 6.07) is 16.1. The van der Waals surface area contributed by atoms with Crippen LogP contribution >= 0.6 is 0 Å². The van der Waals surface area contributed by atoms with Crippen LogP contribution in [0.15, 0.2) is 48.5 Å². The summed E-state index contributed by atoms with van der Waals surface area (Å²) < 4.78 is 11.2. The third-order valence-corrected chi connectivity index (χ3v) is 4.74. The standard InChI is InChI=1S/C21H25NO3/c1-15(17-8-5-6-10-19(17)24-2)14-22-21(23)13-20-18-9-4-3-7-16(18)11-12-25-20/h3-10,15,20H,11-14H2,1-2H3,(H,22,23)/t15-,20+/m1/s1. The van der Waals surface area contributed by atoms with Gasteiger partial charge in [-0.25, -0.2) is 0 Å². The maximum atomic E-state index is 12.4. The molecule has 4 heteroatoms. The molecule has 4 nitrogen and oxygen atoms in total. The maximum absolute atomic E-state index is 12.4. The average Bonchev–Trinajstić information content (AvgIpc) is 2.66. The second-order valence-electron chi connectivity index (χ2n) is 6.46. The number of fused-ring (bicyclic) bond motifs is 1. The molecule has 1 aliphatic rings. The van der Waals surface area contributed by atoms with Gasteiger partial charge in [-0.15, -0.1) is 0 Å². The molecule has 132 valence electrons. The summed E-state index contributed by atoms with van der Waals surface area (Å²) in [5.74, 6) is 1.05. The van der Waals surface area contributed by atoms with E-state index in [0.29, 0.717) is 19.6 Å². The second-order valence-corrected chi connectivity index (χ2v) is 6.46. The van der Waals surface area contributed by atoms with E-state index in [1.165, 1.54) is 5.56 Å². The number of hydrogen-bond acceptors (Lipinski definition) is 3. The maximum Gasteiger partial charge on any atom is 0.222 e. The number of benzene rings is 2. The SMILES string of the molecule is COc1ccccc1[C@H](C)CNC(=O)C[C@@H]1OCCc2ccccc21. The van der Waals surface area contributed by atoms with Crippen LogP contribution in [0.5, 0.6) is 5.75 Å². The topological polar surface area (TPSA) is 47.6 Å². The number of para-hydroxylation sites is 1. The molecule has 25 heavy (non-hydrogen) atoms. The fraction of sp³-hybridized carbons (Fsp3) is 0.381. The van der Waals surface area contributed by atoms with Gasteiger partial charge in [0.25, 0.3) is 0 Å². The summed E-state index contributed by atoms with van der Waals surface area (Å²) in [6.07, 6.45) is 1.13. The van der Waals surface area contributed by atoms with Crippen LogP contribution in [0.1, 0.15) is 42.1 Å². The minimum atomic E-state index is -0.147. The Morgan fingerprint density at radius 3 is 2.84 bits per heavy atom. The van der Waals surface area contributed by atoms with E-state index in [0.717, 1.165) is 23.3 Å². The molecule has 3 rings (SSSR count). The van der Waals surface area contributed by atoms with Crippen molar-refractivity contribution in [3.63, 3.8) is 0 Å². The molecular weight excluding hydrogens is 314 g/mol. The zero-order chi connectivity index (χ0) is 17.6. The smallest absolute Gasteiger partial charge is 0.222 e. The highest BCUT2D eigenvalue weighted by Crippen LogP contribution is 2.29. The van der Waals surface area contributed by atoms with Crippen LogP contribution in [0.25, 0.3) is 0 Å². The van der Waals surface area contributed by atoms with Crippen LogP contribution in [0.2, 0.25) is 0 Å². The van der Waals surface area contributed by atoms with Crippen molar-refractivity contribution in [3.8, 4) is 5.75 Å². The zero-order valence-electron chi connectivity index (χ0n) is 14.8. The first kappa shape index (κ1) is 17.5. The molecule has 2 atom stereocenters. The van der Waals surface area contributed by atoms with E-state index in [1.807, 2.05) is 36.4 Å². The Morgan fingerprint density at radius 2 is 2.00 bits per heavy atom. The van der Waals surface area contributed by atoms with Gasteiger partial charge in [-0.2, -0.15) is 0 Å². The Labute approximate surface area is 149 Å². The van der Waals surface area contributed by atoms with Crippen LogP contribution in [0, 0.1) is 0 Å². The third kappa shape index (κ3) is 4.20. The number of carbonyl (C=O) groups excluding carboxylic acids is 1. The van der Waals surface area contributed by atoms with Gasteiger partial charge in [-0.05, 0) is 29.2 Å². The minimum absolute atomic E-state index is 0.0171. The van der Waals surface area contributed by atoms with Gasteiger partial charge >= 0.3 is 0 Å². The molecule has 0 bridgehead atoms. The van der Waals surface area contributed by atoms with Crippen LogP contribution in [-0.4, -0.2) is 26.2 Å². The lowest BCUT2D eigenvalue weighted by atomic mass is 9.95. The molecule has 0 aromatic heterocycles. The first-order valence-electron chi connectivity index (χ1n) is 8.78. The molecule has 1 amide bonds. The van der Waals surface area contributed by atoms with E-state index in [1.54, 1.807) is 7.11 Å². The van der Waals surface area contributed by atoms with Crippen molar-refractivity contribution in [3.05, 3.63) is 65.2 Å².